The summed E-state index contributed by atoms with van der Waals surface area (Å²) in [7, 11) is 0. The van der Waals surface area contributed by atoms with E-state index in [4.69, 9.17) is 0 Å². The molecular weight excluding hydrogens is 466 g/mol. The maximum atomic E-state index is 13.9. The molecule has 0 unspecified atom stereocenters. The predicted octanol–water partition coefficient (Wildman–Crippen LogP) is 2.92. The number of nitrogens with one attached hydrogen (secondary N) is 1. The standard InChI is InChI=1S/C30H35N3O4/c34-25-19-23(17-21-9-3-1-4-10-21)29(36)33-16-8-14-27(33)30(37)32-15-7-13-26(32)28(35)31-24(20-25)18-22-11-5-2-6-12-22/h1-6,9-12,23-24,26-27H,7-8,13-20H2,(H,31,35)/t23-,24-,26-,27+/m0/s1. The molecule has 194 valence electrons. The molecule has 3 fully saturated rings. The molecule has 0 bridgehead atoms. The second kappa shape index (κ2) is 11.3. The largest absolute Gasteiger partial charge is 0.351 e. The predicted molar refractivity (Wildman–Crippen MR) is 139 cm³/mol. The van der Waals surface area contributed by atoms with Gasteiger partial charge in [-0.15, -0.1) is 0 Å². The van der Waals surface area contributed by atoms with Gasteiger partial charge in [0.05, 0.1) is 0 Å². The van der Waals surface area contributed by atoms with Crippen molar-refractivity contribution in [2.24, 2.45) is 5.92 Å². The van der Waals surface area contributed by atoms with Crippen molar-refractivity contribution in [1.82, 2.24) is 15.1 Å². The number of hydrogen-bond acceptors (Lipinski definition) is 4. The van der Waals surface area contributed by atoms with Gasteiger partial charge < -0.3 is 15.1 Å². The molecule has 2 aromatic carbocycles. The smallest absolute Gasteiger partial charge is 0.246 e. The Morgan fingerprint density at radius 2 is 1.24 bits per heavy atom. The molecule has 3 saturated heterocycles. The highest BCUT2D eigenvalue weighted by atomic mass is 16.2. The molecular formula is C30H35N3O4. The molecule has 1 N–H and O–H groups in total. The number of nitrogens with zero attached hydrogens (tertiary/aromatic N) is 2. The molecule has 7 heteroatoms. The number of amides is 3. The third kappa shape index (κ3) is 5.76. The van der Waals surface area contributed by atoms with Crippen molar-refractivity contribution < 1.29 is 19.2 Å². The van der Waals surface area contributed by atoms with Crippen molar-refractivity contribution in [2.45, 2.75) is 69.5 Å². The van der Waals surface area contributed by atoms with E-state index in [-0.39, 0.29) is 36.3 Å². The summed E-state index contributed by atoms with van der Waals surface area (Å²) in [4.78, 5) is 57.8. The molecule has 2 aromatic rings. The fraction of sp³-hybridized carbons (Fsp3) is 0.467. The highest BCUT2D eigenvalue weighted by Gasteiger charge is 2.44. The number of benzene rings is 2. The summed E-state index contributed by atoms with van der Waals surface area (Å²) in [5.41, 5.74) is 2.02. The minimum absolute atomic E-state index is 0.0416. The van der Waals surface area contributed by atoms with Gasteiger partial charge in [-0.25, -0.2) is 0 Å². The summed E-state index contributed by atoms with van der Waals surface area (Å²) < 4.78 is 0. The highest BCUT2D eigenvalue weighted by Crippen LogP contribution is 2.29. The van der Waals surface area contributed by atoms with Crippen LogP contribution >= 0.6 is 0 Å². The zero-order valence-corrected chi connectivity index (χ0v) is 21.2. The number of rotatable bonds is 4. The van der Waals surface area contributed by atoms with E-state index in [9.17, 15) is 19.2 Å². The molecule has 4 atom stereocenters. The first-order valence-electron chi connectivity index (χ1n) is 13.5. The summed E-state index contributed by atoms with van der Waals surface area (Å²) in [6.07, 6.45) is 3.92. The zero-order valence-electron chi connectivity index (χ0n) is 21.2. The lowest BCUT2D eigenvalue weighted by Gasteiger charge is -2.32. The Balaban J connectivity index is 1.46. The number of carbonyl (C=O) groups is 4. The van der Waals surface area contributed by atoms with Crippen LogP contribution in [0.15, 0.2) is 60.7 Å². The Morgan fingerprint density at radius 1 is 0.676 bits per heavy atom. The van der Waals surface area contributed by atoms with Crippen LogP contribution in [0, 0.1) is 5.92 Å². The minimum Gasteiger partial charge on any atom is -0.351 e. The van der Waals surface area contributed by atoms with Crippen LogP contribution in [-0.4, -0.2) is 64.5 Å². The van der Waals surface area contributed by atoms with Gasteiger partial charge in [0.1, 0.15) is 17.9 Å². The number of hydrogen-bond donors (Lipinski definition) is 1. The van der Waals surface area contributed by atoms with Crippen LogP contribution in [0.5, 0.6) is 0 Å². The van der Waals surface area contributed by atoms with Crippen LogP contribution in [0.2, 0.25) is 0 Å². The molecule has 0 spiro atoms. The normalized spacial score (nSPS) is 27.1. The van der Waals surface area contributed by atoms with E-state index in [1.807, 2.05) is 60.7 Å². The fourth-order valence-corrected chi connectivity index (χ4v) is 6.16. The van der Waals surface area contributed by atoms with Crippen LogP contribution in [-0.2, 0) is 32.0 Å². The van der Waals surface area contributed by atoms with E-state index < -0.39 is 24.0 Å². The summed E-state index contributed by atoms with van der Waals surface area (Å²) in [6, 6.07) is 18.0. The fourth-order valence-electron chi connectivity index (χ4n) is 6.16. The molecule has 7 nitrogen and oxygen atoms in total. The van der Waals surface area contributed by atoms with Crippen LogP contribution in [0.4, 0.5) is 0 Å². The Hall–Kier alpha value is -3.48. The van der Waals surface area contributed by atoms with E-state index in [1.165, 1.54) is 0 Å². The zero-order chi connectivity index (χ0) is 25.8. The van der Waals surface area contributed by atoms with Crippen molar-refractivity contribution in [2.75, 3.05) is 13.1 Å². The molecule has 3 aliphatic rings. The van der Waals surface area contributed by atoms with Gasteiger partial charge in [0.2, 0.25) is 17.7 Å². The average molecular weight is 502 g/mol. The molecule has 0 radical (unpaired) electrons. The van der Waals surface area contributed by atoms with Gasteiger partial charge in [-0.05, 0) is 49.7 Å². The monoisotopic (exact) mass is 501 g/mol. The van der Waals surface area contributed by atoms with Gasteiger partial charge in [0, 0.05) is 37.9 Å². The quantitative estimate of drug-likeness (QED) is 0.698. The maximum Gasteiger partial charge on any atom is 0.246 e. The van der Waals surface area contributed by atoms with Crippen molar-refractivity contribution in [3.05, 3.63) is 71.8 Å². The third-order valence-electron chi connectivity index (χ3n) is 7.95. The molecule has 37 heavy (non-hydrogen) atoms. The minimum atomic E-state index is -0.560. The number of Topliss-reactive ketones (excluding diaryl/α,β-unsaturated/α-hetero) is 1. The van der Waals surface area contributed by atoms with Crippen molar-refractivity contribution in [1.29, 1.82) is 0 Å². The van der Waals surface area contributed by atoms with Gasteiger partial charge in [-0.2, -0.15) is 0 Å². The number of ketones is 1. The Bertz CT molecular complexity index is 1140. The Kier molecular flexibility index (Phi) is 7.68. The molecule has 0 saturated carbocycles. The third-order valence-corrected chi connectivity index (χ3v) is 7.95. The molecule has 0 aromatic heterocycles. The van der Waals surface area contributed by atoms with Gasteiger partial charge in [0.25, 0.3) is 0 Å². The average Bonchev–Trinajstić information content (AvgIpc) is 3.59. The molecule has 3 heterocycles. The first kappa shape index (κ1) is 25.2. The Morgan fingerprint density at radius 3 is 1.89 bits per heavy atom. The van der Waals surface area contributed by atoms with E-state index in [0.717, 1.165) is 24.0 Å². The second-order valence-corrected chi connectivity index (χ2v) is 10.6. The highest BCUT2D eigenvalue weighted by molar-refractivity contribution is 5.95. The molecule has 5 rings (SSSR count). The van der Waals surface area contributed by atoms with Crippen molar-refractivity contribution >= 4 is 23.5 Å². The van der Waals surface area contributed by atoms with E-state index in [2.05, 4.69) is 5.32 Å². The topological polar surface area (TPSA) is 86.8 Å². The summed E-state index contributed by atoms with van der Waals surface area (Å²) in [6.45, 7) is 1.03. The lowest BCUT2D eigenvalue weighted by Crippen LogP contribution is -2.54. The second-order valence-electron chi connectivity index (χ2n) is 10.6. The van der Waals surface area contributed by atoms with Crippen LogP contribution < -0.4 is 5.32 Å². The maximum absolute atomic E-state index is 13.9. The molecule has 3 aliphatic heterocycles. The summed E-state index contributed by atoms with van der Waals surface area (Å²) >= 11 is 0. The van der Waals surface area contributed by atoms with Gasteiger partial charge >= 0.3 is 0 Å². The number of carbonyl (C=O) groups excluding carboxylic acids is 4. The van der Waals surface area contributed by atoms with Crippen molar-refractivity contribution in [3.63, 3.8) is 0 Å². The number of fused-ring (bicyclic) bond motifs is 2. The van der Waals surface area contributed by atoms with E-state index in [0.29, 0.717) is 38.8 Å². The van der Waals surface area contributed by atoms with Crippen LogP contribution in [0.1, 0.15) is 49.7 Å². The Labute approximate surface area is 218 Å². The van der Waals surface area contributed by atoms with Crippen LogP contribution in [0.3, 0.4) is 0 Å². The lowest BCUT2D eigenvalue weighted by molar-refractivity contribution is -0.148. The SMILES string of the molecule is O=C1C[C@H](Cc2ccccc2)NC(=O)[C@@H]2CCCN2C(=O)[C@H]2CCCN2C(=O)[C@@H](Cc2ccccc2)C1. The van der Waals surface area contributed by atoms with E-state index in [1.54, 1.807) is 9.80 Å². The van der Waals surface area contributed by atoms with Gasteiger partial charge in [-0.3, -0.25) is 19.2 Å². The summed E-state index contributed by atoms with van der Waals surface area (Å²) in [5.74, 6) is -1.03. The van der Waals surface area contributed by atoms with Crippen molar-refractivity contribution in [3.8, 4) is 0 Å². The van der Waals surface area contributed by atoms with Gasteiger partial charge in [-0.1, -0.05) is 60.7 Å². The van der Waals surface area contributed by atoms with Crippen LogP contribution in [0.25, 0.3) is 0 Å². The first-order chi connectivity index (χ1) is 18.0. The van der Waals surface area contributed by atoms with E-state index >= 15 is 0 Å². The van der Waals surface area contributed by atoms with Gasteiger partial charge in [0.15, 0.2) is 0 Å². The summed E-state index contributed by atoms with van der Waals surface area (Å²) in [5, 5.41) is 3.11. The lowest BCUT2D eigenvalue weighted by atomic mass is 9.90. The molecule has 3 amide bonds. The first-order valence-corrected chi connectivity index (χ1v) is 13.5. The molecule has 0 aliphatic carbocycles.